The van der Waals surface area contributed by atoms with E-state index in [0.717, 1.165) is 0 Å². The van der Waals surface area contributed by atoms with Crippen LogP contribution in [0.5, 0.6) is 5.75 Å². The summed E-state index contributed by atoms with van der Waals surface area (Å²) in [6.07, 6.45) is 2.08. The van der Waals surface area contributed by atoms with Crippen molar-refractivity contribution in [2.45, 2.75) is 25.9 Å². The summed E-state index contributed by atoms with van der Waals surface area (Å²) in [7, 11) is 0. The van der Waals surface area contributed by atoms with E-state index in [2.05, 4.69) is 10.1 Å². The monoisotopic (exact) mass is 226 g/mol. The van der Waals surface area contributed by atoms with Crippen molar-refractivity contribution in [2.24, 2.45) is 5.16 Å². The standard InChI is InChI=1S/C10H11ClN2O2/c1-10(2)4-7(13-14)6-3-9(11)12-5-8(6)15-10/h3,5,14H,4H2,1-2H3/b13-7+. The summed E-state index contributed by atoms with van der Waals surface area (Å²) < 4.78 is 5.69. The first-order valence-electron chi connectivity index (χ1n) is 4.58. The topological polar surface area (TPSA) is 54.7 Å². The van der Waals surface area contributed by atoms with E-state index in [1.807, 2.05) is 13.8 Å². The Balaban J connectivity index is 2.55. The van der Waals surface area contributed by atoms with Gasteiger partial charge in [-0.05, 0) is 19.9 Å². The molecule has 2 rings (SSSR count). The number of hydrogen-bond donors (Lipinski definition) is 1. The number of nitrogens with zero attached hydrogens (tertiary/aromatic N) is 2. The van der Waals surface area contributed by atoms with Crippen molar-refractivity contribution in [2.75, 3.05) is 0 Å². The molecule has 1 aromatic rings. The number of oxime groups is 1. The van der Waals surface area contributed by atoms with Crippen LogP contribution in [0.15, 0.2) is 17.4 Å². The van der Waals surface area contributed by atoms with Gasteiger partial charge in [0.15, 0.2) is 0 Å². The lowest BCUT2D eigenvalue weighted by molar-refractivity contribution is 0.109. The molecule has 15 heavy (non-hydrogen) atoms. The fourth-order valence-corrected chi connectivity index (χ4v) is 1.80. The van der Waals surface area contributed by atoms with Gasteiger partial charge in [0.2, 0.25) is 0 Å². The number of fused-ring (bicyclic) bond motifs is 1. The maximum absolute atomic E-state index is 8.93. The van der Waals surface area contributed by atoms with Crippen molar-refractivity contribution in [3.8, 4) is 5.75 Å². The van der Waals surface area contributed by atoms with Crippen LogP contribution < -0.4 is 4.74 Å². The number of pyridine rings is 1. The van der Waals surface area contributed by atoms with Gasteiger partial charge in [-0.15, -0.1) is 0 Å². The van der Waals surface area contributed by atoms with E-state index in [9.17, 15) is 0 Å². The van der Waals surface area contributed by atoms with Gasteiger partial charge in [-0.2, -0.15) is 0 Å². The van der Waals surface area contributed by atoms with Crippen molar-refractivity contribution < 1.29 is 9.94 Å². The smallest absolute Gasteiger partial charge is 0.147 e. The lowest BCUT2D eigenvalue weighted by atomic mass is 9.93. The first kappa shape index (κ1) is 10.2. The highest BCUT2D eigenvalue weighted by molar-refractivity contribution is 6.30. The molecule has 4 nitrogen and oxygen atoms in total. The first-order valence-corrected chi connectivity index (χ1v) is 4.95. The molecular weight excluding hydrogens is 216 g/mol. The molecule has 0 unspecified atom stereocenters. The van der Waals surface area contributed by atoms with E-state index >= 15 is 0 Å². The third-order valence-corrected chi connectivity index (χ3v) is 2.45. The average Bonchev–Trinajstić information content (AvgIpc) is 2.16. The van der Waals surface area contributed by atoms with Crippen LogP contribution in [-0.2, 0) is 0 Å². The number of ether oxygens (including phenoxy) is 1. The quantitative estimate of drug-likeness (QED) is 0.420. The van der Waals surface area contributed by atoms with E-state index in [-0.39, 0.29) is 5.60 Å². The molecule has 2 heterocycles. The fourth-order valence-electron chi connectivity index (χ4n) is 1.65. The molecule has 0 aliphatic carbocycles. The van der Waals surface area contributed by atoms with Crippen LogP contribution in [0.1, 0.15) is 25.8 Å². The van der Waals surface area contributed by atoms with Crippen molar-refractivity contribution in [3.63, 3.8) is 0 Å². The molecule has 5 heteroatoms. The van der Waals surface area contributed by atoms with Gasteiger partial charge in [-0.3, -0.25) is 0 Å². The summed E-state index contributed by atoms with van der Waals surface area (Å²) in [5.41, 5.74) is 0.895. The van der Waals surface area contributed by atoms with Gasteiger partial charge in [0, 0.05) is 12.0 Å². The number of halogens is 1. The van der Waals surface area contributed by atoms with Gasteiger partial charge in [0.25, 0.3) is 0 Å². The number of hydrogen-bond acceptors (Lipinski definition) is 4. The van der Waals surface area contributed by atoms with Crippen LogP contribution in [0.25, 0.3) is 0 Å². The van der Waals surface area contributed by atoms with E-state index in [4.69, 9.17) is 21.5 Å². The number of aromatic nitrogens is 1. The molecule has 0 spiro atoms. The predicted octanol–water partition coefficient (Wildman–Crippen LogP) is 2.47. The minimum atomic E-state index is -0.385. The lowest BCUT2D eigenvalue weighted by Gasteiger charge is -2.32. The van der Waals surface area contributed by atoms with Gasteiger partial charge < -0.3 is 9.94 Å². The normalized spacial score (nSPS) is 20.9. The van der Waals surface area contributed by atoms with E-state index in [1.165, 1.54) is 0 Å². The van der Waals surface area contributed by atoms with Gasteiger partial charge in [-0.25, -0.2) is 4.98 Å². The number of rotatable bonds is 0. The maximum atomic E-state index is 8.93. The van der Waals surface area contributed by atoms with Gasteiger partial charge in [0.1, 0.15) is 16.5 Å². The first-order chi connectivity index (χ1) is 7.02. The molecule has 1 aliphatic rings. The lowest BCUT2D eigenvalue weighted by Crippen LogP contribution is -2.36. The van der Waals surface area contributed by atoms with Gasteiger partial charge >= 0.3 is 0 Å². The summed E-state index contributed by atoms with van der Waals surface area (Å²) >= 11 is 5.77. The Hall–Kier alpha value is -1.29. The zero-order chi connectivity index (χ0) is 11.1. The summed E-state index contributed by atoms with van der Waals surface area (Å²) in [5, 5.41) is 12.6. The Morgan fingerprint density at radius 3 is 3.00 bits per heavy atom. The Morgan fingerprint density at radius 2 is 2.33 bits per heavy atom. The highest BCUT2D eigenvalue weighted by Crippen LogP contribution is 2.33. The van der Waals surface area contributed by atoms with Crippen LogP contribution in [-0.4, -0.2) is 21.5 Å². The second kappa shape index (κ2) is 3.38. The Labute approximate surface area is 92.5 Å². The molecule has 0 atom stereocenters. The van der Waals surface area contributed by atoms with E-state index in [1.54, 1.807) is 12.3 Å². The average molecular weight is 227 g/mol. The molecule has 0 radical (unpaired) electrons. The predicted molar refractivity (Wildman–Crippen MR) is 56.9 cm³/mol. The molecule has 0 saturated heterocycles. The minimum absolute atomic E-state index is 0.359. The molecule has 1 N–H and O–H groups in total. The Kier molecular flexibility index (Phi) is 2.31. The molecule has 0 fully saturated rings. The third kappa shape index (κ3) is 1.90. The van der Waals surface area contributed by atoms with E-state index < -0.39 is 0 Å². The molecule has 1 aromatic heterocycles. The van der Waals surface area contributed by atoms with Crippen LogP contribution >= 0.6 is 11.6 Å². The van der Waals surface area contributed by atoms with Crippen molar-refractivity contribution in [1.29, 1.82) is 0 Å². The van der Waals surface area contributed by atoms with Crippen LogP contribution in [0, 0.1) is 0 Å². The summed E-state index contributed by atoms with van der Waals surface area (Å²) in [5.74, 6) is 0.600. The molecule has 0 saturated carbocycles. The van der Waals surface area contributed by atoms with Crippen molar-refractivity contribution in [3.05, 3.63) is 23.0 Å². The SMILES string of the molecule is CC1(C)C/C(=N\O)c2cc(Cl)ncc2O1. The summed E-state index contributed by atoms with van der Waals surface area (Å²) in [6, 6.07) is 1.64. The fraction of sp³-hybridized carbons (Fsp3) is 0.400. The highest BCUT2D eigenvalue weighted by atomic mass is 35.5. The molecule has 1 aliphatic heterocycles. The molecule has 80 valence electrons. The van der Waals surface area contributed by atoms with Crippen molar-refractivity contribution in [1.82, 2.24) is 4.98 Å². The largest absolute Gasteiger partial charge is 0.485 e. The minimum Gasteiger partial charge on any atom is -0.485 e. The third-order valence-electron chi connectivity index (χ3n) is 2.25. The molecule has 0 amide bonds. The van der Waals surface area contributed by atoms with Crippen LogP contribution in [0.3, 0.4) is 0 Å². The van der Waals surface area contributed by atoms with Gasteiger partial charge in [0.05, 0.1) is 11.9 Å². The molecular formula is C10H11ClN2O2. The van der Waals surface area contributed by atoms with Crippen LogP contribution in [0.4, 0.5) is 0 Å². The Bertz CT molecular complexity index is 429. The summed E-state index contributed by atoms with van der Waals surface area (Å²) in [6.45, 7) is 3.85. The molecule has 0 bridgehead atoms. The highest BCUT2D eigenvalue weighted by Gasteiger charge is 2.31. The van der Waals surface area contributed by atoms with Crippen molar-refractivity contribution >= 4 is 17.3 Å². The van der Waals surface area contributed by atoms with E-state index in [0.29, 0.717) is 28.6 Å². The molecule has 0 aromatic carbocycles. The van der Waals surface area contributed by atoms with Crippen LogP contribution in [0.2, 0.25) is 5.15 Å². The zero-order valence-electron chi connectivity index (χ0n) is 8.49. The maximum Gasteiger partial charge on any atom is 0.147 e. The second-order valence-corrected chi connectivity index (χ2v) is 4.48. The second-order valence-electron chi connectivity index (χ2n) is 4.09. The zero-order valence-corrected chi connectivity index (χ0v) is 9.25. The summed E-state index contributed by atoms with van der Waals surface area (Å²) in [4.78, 5) is 3.93. The van der Waals surface area contributed by atoms with Gasteiger partial charge in [-0.1, -0.05) is 16.8 Å². The Morgan fingerprint density at radius 1 is 1.60 bits per heavy atom.